The number of halogens is 1. The summed E-state index contributed by atoms with van der Waals surface area (Å²) in [6.45, 7) is 5.30. The number of rotatable bonds is 3. The predicted molar refractivity (Wildman–Crippen MR) is 72.6 cm³/mol. The SMILES string of the molecule is C=CCN1CCSc2ccc(S(=O)(=O)Cl)cc21. The second kappa shape index (κ2) is 4.92. The van der Waals surface area contributed by atoms with Gasteiger partial charge in [-0.1, -0.05) is 6.08 Å². The van der Waals surface area contributed by atoms with Crippen molar-refractivity contribution in [2.45, 2.75) is 9.79 Å². The molecule has 0 atom stereocenters. The Morgan fingerprint density at radius 2 is 2.29 bits per heavy atom. The lowest BCUT2D eigenvalue weighted by atomic mass is 10.2. The second-order valence-corrected chi connectivity index (χ2v) is 7.35. The Hall–Kier alpha value is -0.650. The van der Waals surface area contributed by atoms with Crippen molar-refractivity contribution in [3.63, 3.8) is 0 Å². The molecule has 0 aliphatic carbocycles. The maximum Gasteiger partial charge on any atom is 0.261 e. The normalized spacial score (nSPS) is 15.5. The summed E-state index contributed by atoms with van der Waals surface area (Å²) < 4.78 is 22.6. The standard InChI is InChI=1S/C11H12ClNO2S2/c1-2-5-13-6-7-16-11-4-3-9(8-10(11)13)17(12,14)15/h2-4,8H,1,5-7H2. The Kier molecular flexibility index (Phi) is 3.70. The second-order valence-electron chi connectivity index (χ2n) is 3.65. The highest BCUT2D eigenvalue weighted by Crippen LogP contribution is 2.36. The summed E-state index contributed by atoms with van der Waals surface area (Å²) in [5, 5.41) is 0. The predicted octanol–water partition coefficient (Wildman–Crippen LogP) is 2.71. The van der Waals surface area contributed by atoms with E-state index in [9.17, 15) is 8.42 Å². The minimum atomic E-state index is -3.66. The lowest BCUT2D eigenvalue weighted by Gasteiger charge is -2.30. The van der Waals surface area contributed by atoms with Gasteiger partial charge >= 0.3 is 0 Å². The van der Waals surface area contributed by atoms with Gasteiger partial charge in [-0.2, -0.15) is 0 Å². The van der Waals surface area contributed by atoms with E-state index >= 15 is 0 Å². The molecule has 0 unspecified atom stereocenters. The van der Waals surface area contributed by atoms with Crippen LogP contribution in [0.1, 0.15) is 0 Å². The molecule has 92 valence electrons. The Labute approximate surface area is 110 Å². The number of thioether (sulfide) groups is 1. The molecule has 1 aliphatic rings. The van der Waals surface area contributed by atoms with Crippen LogP contribution in [0.4, 0.5) is 5.69 Å². The number of hydrogen-bond donors (Lipinski definition) is 0. The molecular formula is C11H12ClNO2S2. The Balaban J connectivity index is 2.47. The van der Waals surface area contributed by atoms with Crippen molar-refractivity contribution >= 4 is 37.2 Å². The number of nitrogens with zero attached hydrogens (tertiary/aromatic N) is 1. The van der Waals surface area contributed by atoms with Crippen LogP contribution in [-0.4, -0.2) is 27.3 Å². The summed E-state index contributed by atoms with van der Waals surface area (Å²) in [7, 11) is 1.69. The van der Waals surface area contributed by atoms with Crippen molar-refractivity contribution in [2.75, 3.05) is 23.7 Å². The van der Waals surface area contributed by atoms with Crippen molar-refractivity contribution in [3.05, 3.63) is 30.9 Å². The van der Waals surface area contributed by atoms with Gasteiger partial charge in [0.05, 0.1) is 10.6 Å². The van der Waals surface area contributed by atoms with Crippen molar-refractivity contribution < 1.29 is 8.42 Å². The quantitative estimate of drug-likeness (QED) is 0.633. The van der Waals surface area contributed by atoms with Gasteiger partial charge in [-0.05, 0) is 18.2 Å². The van der Waals surface area contributed by atoms with Gasteiger partial charge in [0.25, 0.3) is 9.05 Å². The van der Waals surface area contributed by atoms with Crippen LogP contribution in [-0.2, 0) is 9.05 Å². The van der Waals surface area contributed by atoms with E-state index in [0.717, 1.165) is 22.9 Å². The van der Waals surface area contributed by atoms with Gasteiger partial charge < -0.3 is 4.90 Å². The maximum absolute atomic E-state index is 11.3. The first-order valence-corrected chi connectivity index (χ1v) is 8.39. The average molecular weight is 290 g/mol. The zero-order valence-corrected chi connectivity index (χ0v) is 11.5. The smallest absolute Gasteiger partial charge is 0.261 e. The third-order valence-corrected chi connectivity index (χ3v) is 4.92. The molecule has 1 aliphatic heterocycles. The fourth-order valence-electron chi connectivity index (χ4n) is 1.75. The van der Waals surface area contributed by atoms with Crippen LogP contribution >= 0.6 is 22.4 Å². The zero-order chi connectivity index (χ0) is 12.5. The minimum absolute atomic E-state index is 0.148. The van der Waals surface area contributed by atoms with Crippen molar-refractivity contribution in [1.29, 1.82) is 0 Å². The molecule has 0 saturated carbocycles. The molecule has 0 spiro atoms. The van der Waals surface area contributed by atoms with Gasteiger partial charge in [0, 0.05) is 34.4 Å². The van der Waals surface area contributed by atoms with Crippen LogP contribution in [0, 0.1) is 0 Å². The first kappa shape index (κ1) is 12.8. The molecule has 0 bridgehead atoms. The van der Waals surface area contributed by atoms with Gasteiger partial charge in [-0.3, -0.25) is 0 Å². The molecule has 1 aromatic rings. The molecule has 3 nitrogen and oxygen atoms in total. The van der Waals surface area contributed by atoms with Crippen LogP contribution in [0.15, 0.2) is 40.6 Å². The lowest BCUT2D eigenvalue weighted by molar-refractivity contribution is 0.609. The molecule has 0 radical (unpaired) electrons. The molecule has 0 saturated heterocycles. The van der Waals surface area contributed by atoms with Crippen LogP contribution in [0.25, 0.3) is 0 Å². The van der Waals surface area contributed by atoms with Gasteiger partial charge in [-0.25, -0.2) is 8.42 Å². The fraction of sp³-hybridized carbons (Fsp3) is 0.273. The largest absolute Gasteiger partial charge is 0.366 e. The molecule has 0 N–H and O–H groups in total. The Bertz CT molecular complexity index is 542. The van der Waals surface area contributed by atoms with E-state index in [1.165, 1.54) is 0 Å². The van der Waals surface area contributed by atoms with Gasteiger partial charge in [0.15, 0.2) is 0 Å². The number of benzene rings is 1. The summed E-state index contributed by atoms with van der Waals surface area (Å²) in [5.41, 5.74) is 0.919. The van der Waals surface area contributed by atoms with E-state index in [0.29, 0.717) is 6.54 Å². The molecule has 1 aromatic carbocycles. The van der Waals surface area contributed by atoms with Crippen molar-refractivity contribution in [2.24, 2.45) is 0 Å². The van der Waals surface area contributed by atoms with Crippen molar-refractivity contribution in [3.8, 4) is 0 Å². The molecule has 0 amide bonds. The first-order valence-electron chi connectivity index (χ1n) is 5.10. The monoisotopic (exact) mass is 289 g/mol. The number of fused-ring (bicyclic) bond motifs is 1. The molecule has 1 heterocycles. The first-order chi connectivity index (χ1) is 8.02. The number of anilines is 1. The molecular weight excluding hydrogens is 278 g/mol. The lowest BCUT2D eigenvalue weighted by Crippen LogP contribution is -2.29. The molecule has 17 heavy (non-hydrogen) atoms. The third kappa shape index (κ3) is 2.78. The molecule has 0 aromatic heterocycles. The number of hydrogen-bond acceptors (Lipinski definition) is 4. The highest BCUT2D eigenvalue weighted by atomic mass is 35.7. The summed E-state index contributed by atoms with van der Waals surface area (Å²) in [6, 6.07) is 4.99. The molecule has 0 fully saturated rings. The Morgan fingerprint density at radius 3 is 2.94 bits per heavy atom. The summed E-state index contributed by atoms with van der Waals surface area (Å²) in [4.78, 5) is 3.33. The summed E-state index contributed by atoms with van der Waals surface area (Å²) in [6.07, 6.45) is 1.81. The van der Waals surface area contributed by atoms with E-state index in [-0.39, 0.29) is 4.90 Å². The van der Waals surface area contributed by atoms with Crippen LogP contribution in [0.5, 0.6) is 0 Å². The van der Waals surface area contributed by atoms with Crippen LogP contribution in [0.3, 0.4) is 0 Å². The molecule has 2 rings (SSSR count). The van der Waals surface area contributed by atoms with Gasteiger partial charge in [-0.15, -0.1) is 18.3 Å². The maximum atomic E-state index is 11.3. The minimum Gasteiger partial charge on any atom is -0.366 e. The van der Waals surface area contributed by atoms with E-state index < -0.39 is 9.05 Å². The summed E-state index contributed by atoms with van der Waals surface area (Å²) in [5.74, 6) is 0.994. The van der Waals surface area contributed by atoms with E-state index in [2.05, 4.69) is 11.5 Å². The van der Waals surface area contributed by atoms with E-state index in [4.69, 9.17) is 10.7 Å². The third-order valence-electron chi connectivity index (χ3n) is 2.52. The Morgan fingerprint density at radius 1 is 1.53 bits per heavy atom. The van der Waals surface area contributed by atoms with Gasteiger partial charge in [0.2, 0.25) is 0 Å². The highest BCUT2D eigenvalue weighted by molar-refractivity contribution is 8.13. The van der Waals surface area contributed by atoms with Crippen molar-refractivity contribution in [1.82, 2.24) is 0 Å². The van der Waals surface area contributed by atoms with E-state index in [1.807, 2.05) is 12.1 Å². The van der Waals surface area contributed by atoms with E-state index in [1.54, 1.807) is 23.9 Å². The average Bonchev–Trinajstić information content (AvgIpc) is 2.28. The van der Waals surface area contributed by atoms with Crippen LogP contribution < -0.4 is 4.90 Å². The summed E-state index contributed by atoms with van der Waals surface area (Å²) >= 11 is 1.72. The van der Waals surface area contributed by atoms with Gasteiger partial charge in [0.1, 0.15) is 0 Å². The highest BCUT2D eigenvalue weighted by Gasteiger charge is 2.19. The zero-order valence-electron chi connectivity index (χ0n) is 9.10. The fourth-order valence-corrected chi connectivity index (χ4v) is 3.55. The van der Waals surface area contributed by atoms with Crippen LogP contribution in [0.2, 0.25) is 0 Å². The molecule has 6 heteroatoms. The topological polar surface area (TPSA) is 37.4 Å².